The minimum Gasteiger partial charge on any atom is -0.480 e. The molecule has 0 aliphatic rings. The van der Waals surface area contributed by atoms with Gasteiger partial charge in [0.25, 0.3) is 0 Å². The van der Waals surface area contributed by atoms with Gasteiger partial charge in [-0.1, -0.05) is 17.7 Å². The highest BCUT2D eigenvalue weighted by molar-refractivity contribution is 7.10. The fraction of sp³-hybridized carbons (Fsp3) is 0.214. The molecule has 0 spiro atoms. The number of aryl methyl sites for hydroxylation is 1. The van der Waals surface area contributed by atoms with Gasteiger partial charge in [-0.25, -0.2) is 0 Å². The Morgan fingerprint density at radius 3 is 2.79 bits per heavy atom. The van der Waals surface area contributed by atoms with Crippen LogP contribution in [-0.4, -0.2) is 17.6 Å². The van der Waals surface area contributed by atoms with Crippen molar-refractivity contribution in [3.8, 4) is 0 Å². The van der Waals surface area contributed by atoms with Crippen LogP contribution in [0.25, 0.3) is 0 Å². The Hall–Kier alpha value is -1.52. The molecule has 2 rings (SSSR count). The molecule has 0 unspecified atom stereocenters. The van der Waals surface area contributed by atoms with E-state index in [0.29, 0.717) is 11.6 Å². The van der Waals surface area contributed by atoms with E-state index in [-0.39, 0.29) is 6.54 Å². The molecule has 0 saturated carbocycles. The monoisotopic (exact) mass is 295 g/mol. The van der Waals surface area contributed by atoms with E-state index in [1.54, 1.807) is 23.5 Å². The zero-order valence-electron chi connectivity index (χ0n) is 10.5. The normalized spacial score (nSPS) is 10.4. The number of rotatable bonds is 5. The van der Waals surface area contributed by atoms with Crippen LogP contribution in [0.3, 0.4) is 0 Å². The van der Waals surface area contributed by atoms with E-state index in [4.69, 9.17) is 16.7 Å². The Bertz CT molecular complexity index is 582. The lowest BCUT2D eigenvalue weighted by molar-refractivity contribution is -0.135. The summed E-state index contributed by atoms with van der Waals surface area (Å²) in [6.45, 7) is 2.57. The number of hydrogen-bond acceptors (Lipinski definition) is 3. The maximum atomic E-state index is 11.0. The maximum absolute atomic E-state index is 11.0. The molecule has 0 radical (unpaired) electrons. The second kappa shape index (κ2) is 6.08. The molecule has 0 aliphatic carbocycles. The molecule has 5 heteroatoms. The van der Waals surface area contributed by atoms with Crippen molar-refractivity contribution in [2.45, 2.75) is 13.5 Å². The average Bonchev–Trinajstić information content (AvgIpc) is 2.74. The molecule has 0 saturated heterocycles. The first-order valence-electron chi connectivity index (χ1n) is 5.81. The predicted octanol–water partition coefficient (Wildman–Crippen LogP) is 3.80. The molecule has 100 valence electrons. The van der Waals surface area contributed by atoms with Gasteiger partial charge < -0.3 is 10.0 Å². The Kier molecular flexibility index (Phi) is 4.45. The van der Waals surface area contributed by atoms with Crippen molar-refractivity contribution in [3.05, 3.63) is 51.2 Å². The molecule has 0 bridgehead atoms. The fourth-order valence-electron chi connectivity index (χ4n) is 1.81. The predicted molar refractivity (Wildman–Crippen MR) is 79.2 cm³/mol. The number of aliphatic carboxylic acids is 1. The third-order valence-corrected chi connectivity index (χ3v) is 4.04. The highest BCUT2D eigenvalue weighted by Crippen LogP contribution is 2.24. The van der Waals surface area contributed by atoms with Crippen molar-refractivity contribution in [1.29, 1.82) is 0 Å². The second-order valence-electron chi connectivity index (χ2n) is 4.26. The van der Waals surface area contributed by atoms with Crippen LogP contribution in [0, 0.1) is 6.92 Å². The second-order valence-corrected chi connectivity index (χ2v) is 5.69. The summed E-state index contributed by atoms with van der Waals surface area (Å²) in [4.78, 5) is 14.0. The number of carboxylic acid groups (broad SMARTS) is 1. The zero-order chi connectivity index (χ0) is 13.8. The van der Waals surface area contributed by atoms with Crippen molar-refractivity contribution < 1.29 is 9.90 Å². The summed E-state index contributed by atoms with van der Waals surface area (Å²) in [6, 6.07) is 9.30. The summed E-state index contributed by atoms with van der Waals surface area (Å²) in [5.74, 6) is -0.853. The van der Waals surface area contributed by atoms with E-state index in [1.807, 2.05) is 35.4 Å². The number of carboxylic acids is 1. The highest BCUT2D eigenvalue weighted by atomic mass is 35.5. The number of thiophene rings is 1. The molecular weight excluding hydrogens is 282 g/mol. The number of nitrogens with zero attached hydrogens (tertiary/aromatic N) is 1. The molecule has 2 aromatic rings. The highest BCUT2D eigenvalue weighted by Gasteiger charge is 2.13. The van der Waals surface area contributed by atoms with Crippen LogP contribution in [0.1, 0.15) is 10.4 Å². The lowest BCUT2D eigenvalue weighted by Gasteiger charge is -2.22. The van der Waals surface area contributed by atoms with Crippen LogP contribution in [0.4, 0.5) is 5.69 Å². The van der Waals surface area contributed by atoms with E-state index in [2.05, 4.69) is 0 Å². The molecule has 1 heterocycles. The summed E-state index contributed by atoms with van der Waals surface area (Å²) in [5.41, 5.74) is 2.00. The van der Waals surface area contributed by atoms with Gasteiger partial charge in [-0.15, -0.1) is 11.3 Å². The summed E-state index contributed by atoms with van der Waals surface area (Å²) in [5, 5.41) is 11.7. The van der Waals surface area contributed by atoms with Gasteiger partial charge in [0.15, 0.2) is 0 Å². The van der Waals surface area contributed by atoms with E-state index in [1.165, 1.54) is 10.4 Å². The van der Waals surface area contributed by atoms with Crippen LogP contribution < -0.4 is 4.90 Å². The minimum atomic E-state index is -0.853. The van der Waals surface area contributed by atoms with Crippen molar-refractivity contribution in [1.82, 2.24) is 0 Å². The summed E-state index contributed by atoms with van der Waals surface area (Å²) in [7, 11) is 0. The van der Waals surface area contributed by atoms with Gasteiger partial charge in [0.05, 0.1) is 6.54 Å². The number of carbonyl (C=O) groups is 1. The molecule has 1 aromatic heterocycles. The van der Waals surface area contributed by atoms with Gasteiger partial charge in [0.2, 0.25) is 0 Å². The summed E-state index contributed by atoms with van der Waals surface area (Å²) < 4.78 is 0. The Morgan fingerprint density at radius 1 is 1.42 bits per heavy atom. The molecule has 1 N–H and O–H groups in total. The Labute approximate surface area is 121 Å². The van der Waals surface area contributed by atoms with E-state index < -0.39 is 5.97 Å². The van der Waals surface area contributed by atoms with Crippen molar-refractivity contribution in [2.24, 2.45) is 0 Å². The fourth-order valence-corrected chi connectivity index (χ4v) is 2.92. The van der Waals surface area contributed by atoms with E-state index in [9.17, 15) is 4.79 Å². The lowest BCUT2D eigenvalue weighted by Crippen LogP contribution is -2.29. The van der Waals surface area contributed by atoms with E-state index in [0.717, 1.165) is 5.69 Å². The smallest absolute Gasteiger partial charge is 0.323 e. The lowest BCUT2D eigenvalue weighted by atomic mass is 10.2. The zero-order valence-corrected chi connectivity index (χ0v) is 12.0. The van der Waals surface area contributed by atoms with Gasteiger partial charge in [0.1, 0.15) is 6.54 Å². The third kappa shape index (κ3) is 3.72. The molecule has 0 fully saturated rings. The molecule has 0 amide bonds. The minimum absolute atomic E-state index is 0.0440. The number of hydrogen-bond donors (Lipinski definition) is 1. The number of anilines is 1. The first kappa shape index (κ1) is 13.9. The molecular formula is C14H14ClNO2S. The van der Waals surface area contributed by atoms with Gasteiger partial charge in [0, 0.05) is 15.6 Å². The SMILES string of the molecule is Cc1ccsc1CN(CC(=O)O)c1cccc(Cl)c1. The van der Waals surface area contributed by atoms with Gasteiger partial charge in [-0.05, 0) is 42.1 Å². The van der Waals surface area contributed by atoms with Gasteiger partial charge >= 0.3 is 5.97 Å². The molecule has 0 aliphatic heterocycles. The van der Waals surface area contributed by atoms with Crippen molar-refractivity contribution in [3.63, 3.8) is 0 Å². The maximum Gasteiger partial charge on any atom is 0.323 e. The summed E-state index contributed by atoms with van der Waals surface area (Å²) in [6.07, 6.45) is 0. The third-order valence-electron chi connectivity index (χ3n) is 2.80. The number of benzene rings is 1. The first-order valence-corrected chi connectivity index (χ1v) is 7.07. The number of halogens is 1. The Morgan fingerprint density at radius 2 is 2.21 bits per heavy atom. The molecule has 1 aromatic carbocycles. The quantitative estimate of drug-likeness (QED) is 0.912. The largest absolute Gasteiger partial charge is 0.480 e. The standard InChI is InChI=1S/C14H14ClNO2S/c1-10-5-6-19-13(10)8-16(9-14(17)18)12-4-2-3-11(15)7-12/h2-7H,8-9H2,1H3,(H,17,18). The molecule has 19 heavy (non-hydrogen) atoms. The topological polar surface area (TPSA) is 40.5 Å². The first-order chi connectivity index (χ1) is 9.06. The Balaban J connectivity index is 2.26. The van der Waals surface area contributed by atoms with Gasteiger partial charge in [-0.2, -0.15) is 0 Å². The van der Waals surface area contributed by atoms with Crippen LogP contribution in [0.5, 0.6) is 0 Å². The van der Waals surface area contributed by atoms with Gasteiger partial charge in [-0.3, -0.25) is 4.79 Å². The van der Waals surface area contributed by atoms with E-state index >= 15 is 0 Å². The average molecular weight is 296 g/mol. The molecule has 0 atom stereocenters. The molecule has 3 nitrogen and oxygen atoms in total. The van der Waals surface area contributed by atoms with Crippen LogP contribution in [0.15, 0.2) is 35.7 Å². The van der Waals surface area contributed by atoms with Crippen molar-refractivity contribution >= 4 is 34.6 Å². The van der Waals surface area contributed by atoms with Crippen LogP contribution >= 0.6 is 22.9 Å². The summed E-state index contributed by atoms with van der Waals surface area (Å²) >= 11 is 7.60. The van der Waals surface area contributed by atoms with Crippen LogP contribution in [-0.2, 0) is 11.3 Å². The van der Waals surface area contributed by atoms with Crippen LogP contribution in [0.2, 0.25) is 5.02 Å². The van der Waals surface area contributed by atoms with Crippen molar-refractivity contribution in [2.75, 3.05) is 11.4 Å².